The highest BCUT2D eigenvalue weighted by molar-refractivity contribution is 6.32. The molecule has 0 radical (unpaired) electrons. The predicted molar refractivity (Wildman–Crippen MR) is 67.7 cm³/mol. The number of nitrogens with zero attached hydrogens (tertiary/aromatic N) is 4. The van der Waals surface area contributed by atoms with E-state index in [1.807, 2.05) is 12.1 Å². The first-order valence-corrected chi connectivity index (χ1v) is 5.50. The first-order valence-electron chi connectivity index (χ1n) is 5.12. The first kappa shape index (κ1) is 10.8. The lowest BCUT2D eigenvalue weighted by molar-refractivity contribution is 0.433. The molecule has 18 heavy (non-hydrogen) atoms. The minimum Gasteiger partial charge on any atom is -0.479 e. The van der Waals surface area contributed by atoms with Crippen molar-refractivity contribution >= 4 is 28.5 Å². The third kappa shape index (κ3) is 1.54. The lowest BCUT2D eigenvalue weighted by Gasteiger charge is -2.05. The number of hydrogen-bond acceptors (Lipinski definition) is 5. The summed E-state index contributed by atoms with van der Waals surface area (Å²) in [6.07, 6.45) is 1.54. The number of benzene rings is 1. The fraction of sp³-hybridized carbons (Fsp3) is 0. The Kier molecular flexibility index (Phi) is 2.31. The van der Waals surface area contributed by atoms with E-state index >= 15 is 0 Å². The second-order valence-corrected chi connectivity index (χ2v) is 4.06. The van der Waals surface area contributed by atoms with Gasteiger partial charge in [-0.15, -0.1) is 0 Å². The summed E-state index contributed by atoms with van der Waals surface area (Å²) < 4.78 is 1.51. The van der Waals surface area contributed by atoms with Crippen molar-refractivity contribution in [3.63, 3.8) is 0 Å². The zero-order valence-electron chi connectivity index (χ0n) is 9.08. The van der Waals surface area contributed by atoms with Gasteiger partial charge in [0, 0.05) is 0 Å². The molecule has 6 nitrogen and oxygen atoms in total. The van der Waals surface area contributed by atoms with E-state index in [1.165, 1.54) is 10.9 Å². The topological polar surface area (TPSA) is 89.8 Å². The summed E-state index contributed by atoms with van der Waals surface area (Å²) in [5.41, 5.74) is 6.76. The molecular formula is C11H8ClN5O. The fourth-order valence-corrected chi connectivity index (χ4v) is 1.93. The van der Waals surface area contributed by atoms with Gasteiger partial charge < -0.3 is 10.8 Å². The van der Waals surface area contributed by atoms with Crippen molar-refractivity contribution in [2.75, 3.05) is 5.73 Å². The lowest BCUT2D eigenvalue weighted by atomic mass is 10.3. The number of anilines is 1. The van der Waals surface area contributed by atoms with E-state index in [2.05, 4.69) is 15.1 Å². The molecule has 3 aromatic rings. The first-order chi connectivity index (χ1) is 8.66. The summed E-state index contributed by atoms with van der Waals surface area (Å²) >= 11 is 6.10. The second-order valence-electron chi connectivity index (χ2n) is 3.65. The Bertz CT molecular complexity index is 739. The molecule has 0 unspecified atom stereocenters. The van der Waals surface area contributed by atoms with Crippen LogP contribution in [0.3, 0.4) is 0 Å². The van der Waals surface area contributed by atoms with Gasteiger partial charge >= 0.3 is 6.01 Å². The molecule has 90 valence electrons. The molecule has 3 N–H and O–H groups in total. The van der Waals surface area contributed by atoms with Crippen LogP contribution >= 0.6 is 11.6 Å². The molecule has 0 aliphatic carbocycles. The highest BCUT2D eigenvalue weighted by atomic mass is 35.5. The Morgan fingerprint density at radius 1 is 1.22 bits per heavy atom. The van der Waals surface area contributed by atoms with Crippen molar-refractivity contribution in [2.45, 2.75) is 0 Å². The Morgan fingerprint density at radius 3 is 2.78 bits per heavy atom. The van der Waals surface area contributed by atoms with E-state index in [4.69, 9.17) is 17.3 Å². The second kappa shape index (κ2) is 3.85. The molecule has 3 rings (SSSR count). The van der Waals surface area contributed by atoms with E-state index in [-0.39, 0.29) is 5.82 Å². The van der Waals surface area contributed by atoms with Crippen LogP contribution in [0, 0.1) is 0 Å². The Morgan fingerprint density at radius 2 is 2.00 bits per heavy atom. The van der Waals surface area contributed by atoms with Crippen LogP contribution < -0.4 is 5.73 Å². The zero-order chi connectivity index (χ0) is 12.7. The normalized spacial score (nSPS) is 10.9. The summed E-state index contributed by atoms with van der Waals surface area (Å²) in [6, 6.07) is 6.80. The van der Waals surface area contributed by atoms with Crippen LogP contribution in [0.15, 0.2) is 30.5 Å². The van der Waals surface area contributed by atoms with Gasteiger partial charge in [-0.2, -0.15) is 15.1 Å². The number of aromatic hydroxyl groups is 1. The Hall–Kier alpha value is -2.34. The van der Waals surface area contributed by atoms with Crippen LogP contribution in [0.25, 0.3) is 16.7 Å². The SMILES string of the molecule is Nc1nc(O)nc2c1cnn2-c1ccccc1Cl. The van der Waals surface area contributed by atoms with E-state index in [9.17, 15) is 5.11 Å². The Balaban J connectivity index is 2.34. The number of nitrogen functional groups attached to an aromatic ring is 1. The fourth-order valence-electron chi connectivity index (χ4n) is 1.72. The maximum atomic E-state index is 9.39. The third-order valence-corrected chi connectivity index (χ3v) is 2.85. The van der Waals surface area contributed by atoms with Crippen molar-refractivity contribution in [1.29, 1.82) is 0 Å². The van der Waals surface area contributed by atoms with Crippen molar-refractivity contribution < 1.29 is 5.11 Å². The number of halogens is 1. The molecular weight excluding hydrogens is 254 g/mol. The monoisotopic (exact) mass is 261 g/mol. The average molecular weight is 262 g/mol. The van der Waals surface area contributed by atoms with Gasteiger partial charge in [-0.1, -0.05) is 23.7 Å². The summed E-state index contributed by atoms with van der Waals surface area (Å²) in [5.74, 6) is 0.177. The van der Waals surface area contributed by atoms with E-state index in [0.717, 1.165) is 0 Å². The summed E-state index contributed by atoms with van der Waals surface area (Å²) in [7, 11) is 0. The lowest BCUT2D eigenvalue weighted by Crippen LogP contribution is -2.00. The number of hydrogen-bond donors (Lipinski definition) is 2. The van der Waals surface area contributed by atoms with E-state index < -0.39 is 6.01 Å². The Labute approximate surface area is 107 Å². The quantitative estimate of drug-likeness (QED) is 0.697. The van der Waals surface area contributed by atoms with Crippen molar-refractivity contribution in [1.82, 2.24) is 19.7 Å². The summed E-state index contributed by atoms with van der Waals surface area (Å²) in [6.45, 7) is 0. The van der Waals surface area contributed by atoms with Crippen molar-refractivity contribution in [2.24, 2.45) is 0 Å². The molecule has 0 fully saturated rings. The van der Waals surface area contributed by atoms with Crippen LogP contribution in [0.4, 0.5) is 5.82 Å². The number of para-hydroxylation sites is 1. The number of nitrogens with two attached hydrogens (primary N) is 1. The van der Waals surface area contributed by atoms with E-state index in [1.54, 1.807) is 12.1 Å². The van der Waals surface area contributed by atoms with Crippen LogP contribution in [-0.4, -0.2) is 24.9 Å². The van der Waals surface area contributed by atoms with Crippen LogP contribution in [0.5, 0.6) is 6.01 Å². The largest absolute Gasteiger partial charge is 0.479 e. The molecule has 0 spiro atoms. The highest BCUT2D eigenvalue weighted by Crippen LogP contribution is 2.25. The van der Waals surface area contributed by atoms with Gasteiger partial charge in [0.1, 0.15) is 5.82 Å². The van der Waals surface area contributed by atoms with E-state index in [0.29, 0.717) is 21.7 Å². The maximum absolute atomic E-state index is 9.39. The van der Waals surface area contributed by atoms with Gasteiger partial charge in [-0.05, 0) is 12.1 Å². The van der Waals surface area contributed by atoms with Gasteiger partial charge in [0.25, 0.3) is 0 Å². The average Bonchev–Trinajstić information content (AvgIpc) is 2.73. The molecule has 2 aromatic heterocycles. The minimum atomic E-state index is -0.395. The molecule has 0 saturated heterocycles. The van der Waals surface area contributed by atoms with Gasteiger partial charge in [-0.3, -0.25) is 0 Å². The van der Waals surface area contributed by atoms with Gasteiger partial charge in [0.15, 0.2) is 5.65 Å². The zero-order valence-corrected chi connectivity index (χ0v) is 9.83. The van der Waals surface area contributed by atoms with Gasteiger partial charge in [0.05, 0.1) is 22.3 Å². The number of rotatable bonds is 1. The number of fused-ring (bicyclic) bond motifs is 1. The van der Waals surface area contributed by atoms with Gasteiger partial charge in [-0.25, -0.2) is 4.68 Å². The summed E-state index contributed by atoms with van der Waals surface area (Å²) in [4.78, 5) is 7.59. The molecule has 0 amide bonds. The highest BCUT2D eigenvalue weighted by Gasteiger charge is 2.13. The molecule has 2 heterocycles. The minimum absolute atomic E-state index is 0.177. The molecule has 0 saturated carbocycles. The van der Waals surface area contributed by atoms with Crippen molar-refractivity contribution in [3.8, 4) is 11.7 Å². The molecule has 1 aromatic carbocycles. The molecule has 0 aliphatic heterocycles. The molecule has 0 bridgehead atoms. The summed E-state index contributed by atoms with van der Waals surface area (Å²) in [5, 5.41) is 14.7. The molecule has 7 heteroatoms. The predicted octanol–water partition coefficient (Wildman–Crippen LogP) is 1.76. The third-order valence-electron chi connectivity index (χ3n) is 2.53. The smallest absolute Gasteiger partial charge is 0.317 e. The molecule has 0 aliphatic rings. The maximum Gasteiger partial charge on any atom is 0.317 e. The molecule has 0 atom stereocenters. The van der Waals surface area contributed by atoms with Crippen LogP contribution in [0.2, 0.25) is 5.02 Å². The van der Waals surface area contributed by atoms with Crippen LogP contribution in [-0.2, 0) is 0 Å². The standard InChI is InChI=1S/C11H8ClN5O/c12-7-3-1-2-4-8(7)17-10-6(5-14-17)9(13)15-11(18)16-10/h1-5H,(H3,13,15,16,18). The van der Waals surface area contributed by atoms with Crippen molar-refractivity contribution in [3.05, 3.63) is 35.5 Å². The van der Waals surface area contributed by atoms with Crippen LogP contribution in [0.1, 0.15) is 0 Å². The van der Waals surface area contributed by atoms with Gasteiger partial charge in [0.2, 0.25) is 0 Å². The number of aromatic nitrogens is 4.